The van der Waals surface area contributed by atoms with Crippen molar-refractivity contribution in [2.24, 2.45) is 11.7 Å². The highest BCUT2D eigenvalue weighted by Crippen LogP contribution is 2.24. The lowest BCUT2D eigenvalue weighted by Crippen LogP contribution is -2.42. The molecule has 98 valence electrons. The molecule has 0 bridgehead atoms. The van der Waals surface area contributed by atoms with Crippen LogP contribution in [0, 0.1) is 5.92 Å². The quantitative estimate of drug-likeness (QED) is 0.763. The van der Waals surface area contributed by atoms with Crippen molar-refractivity contribution in [2.45, 2.75) is 57.4 Å². The molecule has 0 saturated carbocycles. The average molecular weight is 236 g/mol. The molecule has 1 saturated heterocycles. The first-order chi connectivity index (χ1) is 8.40. The van der Waals surface area contributed by atoms with Crippen LogP contribution in [-0.2, 0) is 0 Å². The predicted molar refractivity (Wildman–Crippen MR) is 74.0 cm³/mol. The molecule has 1 aliphatic heterocycles. The number of piperidine rings is 1. The summed E-state index contributed by atoms with van der Waals surface area (Å²) in [5.74, 6) is 0.854. The normalized spacial score (nSPS) is 33.9. The number of allylic oxidation sites excluding steroid dienone is 1. The van der Waals surface area contributed by atoms with Crippen LogP contribution in [0.15, 0.2) is 12.2 Å². The highest BCUT2D eigenvalue weighted by Gasteiger charge is 2.24. The van der Waals surface area contributed by atoms with Crippen LogP contribution in [0.2, 0.25) is 0 Å². The summed E-state index contributed by atoms with van der Waals surface area (Å²) in [6, 6.07) is 0.718. The Morgan fingerprint density at radius 2 is 2.06 bits per heavy atom. The first-order valence-corrected chi connectivity index (χ1v) is 7.51. The lowest BCUT2D eigenvalue weighted by Gasteiger charge is -2.37. The number of likely N-dealkylation sites (tertiary alicyclic amines) is 1. The van der Waals surface area contributed by atoms with Gasteiger partial charge >= 0.3 is 0 Å². The molecule has 0 aromatic carbocycles. The maximum Gasteiger partial charge on any atom is 0.0278 e. The first-order valence-electron chi connectivity index (χ1n) is 7.51. The van der Waals surface area contributed by atoms with E-state index in [9.17, 15) is 0 Å². The van der Waals surface area contributed by atoms with Crippen molar-refractivity contribution < 1.29 is 0 Å². The van der Waals surface area contributed by atoms with E-state index in [2.05, 4.69) is 17.1 Å². The van der Waals surface area contributed by atoms with Crippen LogP contribution < -0.4 is 5.73 Å². The second-order valence-electron chi connectivity index (χ2n) is 5.71. The minimum Gasteiger partial charge on any atom is -0.330 e. The summed E-state index contributed by atoms with van der Waals surface area (Å²) >= 11 is 0. The van der Waals surface area contributed by atoms with E-state index >= 15 is 0 Å². The molecule has 2 N–H and O–H groups in total. The van der Waals surface area contributed by atoms with Crippen LogP contribution in [0.3, 0.4) is 0 Å². The molecule has 0 radical (unpaired) electrons. The van der Waals surface area contributed by atoms with Gasteiger partial charge in [-0.25, -0.2) is 0 Å². The van der Waals surface area contributed by atoms with E-state index in [1.807, 2.05) is 0 Å². The molecule has 2 unspecified atom stereocenters. The largest absolute Gasteiger partial charge is 0.330 e. The van der Waals surface area contributed by atoms with Gasteiger partial charge in [0.2, 0.25) is 0 Å². The van der Waals surface area contributed by atoms with E-state index in [4.69, 9.17) is 5.73 Å². The smallest absolute Gasteiger partial charge is 0.0278 e. The van der Waals surface area contributed by atoms with Crippen LogP contribution in [0.5, 0.6) is 0 Å². The summed E-state index contributed by atoms with van der Waals surface area (Å²) in [6.07, 6.45) is 15.7. The van der Waals surface area contributed by atoms with E-state index in [0.29, 0.717) is 0 Å². The van der Waals surface area contributed by atoms with Crippen molar-refractivity contribution in [3.8, 4) is 0 Å². The van der Waals surface area contributed by atoms with Gasteiger partial charge in [0.15, 0.2) is 0 Å². The van der Waals surface area contributed by atoms with Gasteiger partial charge in [-0.1, -0.05) is 25.0 Å². The lowest BCUT2D eigenvalue weighted by molar-refractivity contribution is 0.134. The van der Waals surface area contributed by atoms with Gasteiger partial charge < -0.3 is 5.73 Å². The Kier molecular flexibility index (Phi) is 5.53. The van der Waals surface area contributed by atoms with Crippen LogP contribution in [0.1, 0.15) is 51.4 Å². The average Bonchev–Trinajstić information content (AvgIpc) is 2.29. The molecule has 2 aliphatic rings. The summed E-state index contributed by atoms with van der Waals surface area (Å²) < 4.78 is 0. The third-order valence-corrected chi connectivity index (χ3v) is 4.32. The third-order valence-electron chi connectivity index (χ3n) is 4.32. The topological polar surface area (TPSA) is 29.3 Å². The van der Waals surface area contributed by atoms with Crippen LogP contribution in [0.4, 0.5) is 0 Å². The Morgan fingerprint density at radius 1 is 1.12 bits per heavy atom. The van der Waals surface area contributed by atoms with Gasteiger partial charge in [0.1, 0.15) is 0 Å². The number of hydrogen-bond acceptors (Lipinski definition) is 2. The molecule has 17 heavy (non-hydrogen) atoms. The number of hydrogen-bond donors (Lipinski definition) is 1. The Bertz CT molecular complexity index is 235. The van der Waals surface area contributed by atoms with Crippen molar-refractivity contribution in [3.05, 3.63) is 12.2 Å². The van der Waals surface area contributed by atoms with E-state index in [1.54, 1.807) is 0 Å². The second-order valence-corrected chi connectivity index (χ2v) is 5.71. The van der Waals surface area contributed by atoms with E-state index in [1.165, 1.54) is 64.5 Å². The molecule has 2 atom stereocenters. The molecule has 0 spiro atoms. The standard InChI is InChI=1S/C15H28N2/c16-11-10-14-7-6-12-17(13-14)15-8-4-2-1-3-5-9-15/h4,8,14-15H,1-3,5-7,9-13,16H2/b8-4+. The Balaban J connectivity index is 1.88. The molecule has 0 amide bonds. The van der Waals surface area contributed by atoms with Crippen molar-refractivity contribution in [1.29, 1.82) is 0 Å². The highest BCUT2D eigenvalue weighted by molar-refractivity contribution is 4.97. The molecular weight excluding hydrogens is 208 g/mol. The van der Waals surface area contributed by atoms with Gasteiger partial charge in [0.25, 0.3) is 0 Å². The van der Waals surface area contributed by atoms with Gasteiger partial charge in [-0.05, 0) is 57.5 Å². The highest BCUT2D eigenvalue weighted by atomic mass is 15.2. The SMILES string of the molecule is NCCC1CCCN(C2/C=C/CCCCC2)C1. The minimum absolute atomic E-state index is 0.718. The summed E-state index contributed by atoms with van der Waals surface area (Å²) in [5, 5.41) is 0. The van der Waals surface area contributed by atoms with Crippen LogP contribution in [-0.4, -0.2) is 30.6 Å². The van der Waals surface area contributed by atoms with Crippen LogP contribution in [0.25, 0.3) is 0 Å². The fraction of sp³-hybridized carbons (Fsp3) is 0.867. The Labute approximate surface area is 106 Å². The zero-order valence-corrected chi connectivity index (χ0v) is 11.1. The fourth-order valence-electron chi connectivity index (χ4n) is 3.32. The van der Waals surface area contributed by atoms with E-state index in [-0.39, 0.29) is 0 Å². The molecule has 2 heteroatoms. The summed E-state index contributed by atoms with van der Waals surface area (Å²) in [4.78, 5) is 2.71. The van der Waals surface area contributed by atoms with Crippen molar-refractivity contribution in [3.63, 3.8) is 0 Å². The van der Waals surface area contributed by atoms with Gasteiger partial charge in [0, 0.05) is 12.6 Å². The van der Waals surface area contributed by atoms with Gasteiger partial charge in [-0.15, -0.1) is 0 Å². The molecule has 2 rings (SSSR count). The number of rotatable bonds is 3. The molecule has 2 nitrogen and oxygen atoms in total. The second kappa shape index (κ2) is 7.17. The number of nitrogens with zero attached hydrogens (tertiary/aromatic N) is 1. The van der Waals surface area contributed by atoms with Gasteiger partial charge in [-0.3, -0.25) is 4.90 Å². The molecule has 1 heterocycles. The summed E-state index contributed by atoms with van der Waals surface area (Å²) in [5.41, 5.74) is 5.70. The summed E-state index contributed by atoms with van der Waals surface area (Å²) in [7, 11) is 0. The van der Waals surface area contributed by atoms with E-state index in [0.717, 1.165) is 18.5 Å². The van der Waals surface area contributed by atoms with Gasteiger partial charge in [-0.2, -0.15) is 0 Å². The Hall–Kier alpha value is -0.340. The fourth-order valence-corrected chi connectivity index (χ4v) is 3.32. The maximum atomic E-state index is 5.70. The Morgan fingerprint density at radius 3 is 2.94 bits per heavy atom. The predicted octanol–water partition coefficient (Wildman–Crippen LogP) is 2.94. The first kappa shape index (κ1) is 13.1. The van der Waals surface area contributed by atoms with Crippen molar-refractivity contribution >= 4 is 0 Å². The zero-order chi connectivity index (χ0) is 11.9. The van der Waals surface area contributed by atoms with Crippen molar-refractivity contribution in [2.75, 3.05) is 19.6 Å². The minimum atomic E-state index is 0.718. The third kappa shape index (κ3) is 4.11. The zero-order valence-electron chi connectivity index (χ0n) is 11.1. The monoisotopic (exact) mass is 236 g/mol. The van der Waals surface area contributed by atoms with Gasteiger partial charge in [0.05, 0.1) is 0 Å². The lowest BCUT2D eigenvalue weighted by atomic mass is 9.92. The maximum absolute atomic E-state index is 5.70. The van der Waals surface area contributed by atoms with Crippen molar-refractivity contribution in [1.82, 2.24) is 4.90 Å². The number of nitrogens with two attached hydrogens (primary N) is 1. The molecule has 1 fully saturated rings. The molecular formula is C15H28N2. The van der Waals surface area contributed by atoms with Crippen LogP contribution >= 0.6 is 0 Å². The molecule has 0 aromatic heterocycles. The molecule has 0 aromatic rings. The summed E-state index contributed by atoms with van der Waals surface area (Å²) in [6.45, 7) is 3.45. The molecule has 1 aliphatic carbocycles. The van der Waals surface area contributed by atoms with E-state index < -0.39 is 0 Å².